The summed E-state index contributed by atoms with van der Waals surface area (Å²) in [5.74, 6) is 0.518. The summed E-state index contributed by atoms with van der Waals surface area (Å²) >= 11 is 0. The molecule has 0 amide bonds. The Morgan fingerprint density at radius 1 is 1.20 bits per heavy atom. The Kier molecular flexibility index (Phi) is 2.64. The number of anilines is 1. The van der Waals surface area contributed by atoms with Crippen LogP contribution in [-0.4, -0.2) is 14.8 Å². The lowest BCUT2D eigenvalue weighted by Gasteiger charge is -2.19. The molecule has 3 N–H and O–H groups in total. The molecule has 20 heavy (non-hydrogen) atoms. The summed E-state index contributed by atoms with van der Waals surface area (Å²) in [5.41, 5.74) is 10.5. The van der Waals surface area contributed by atoms with Gasteiger partial charge in [0.25, 0.3) is 0 Å². The van der Waals surface area contributed by atoms with Crippen LogP contribution < -0.4 is 5.73 Å². The smallest absolute Gasteiger partial charge is 0.145 e. The van der Waals surface area contributed by atoms with Crippen molar-refractivity contribution in [3.05, 3.63) is 36.0 Å². The van der Waals surface area contributed by atoms with Crippen LogP contribution in [0.15, 0.2) is 30.5 Å². The van der Waals surface area contributed by atoms with Crippen molar-refractivity contribution in [1.29, 1.82) is 0 Å². The van der Waals surface area contributed by atoms with E-state index in [-0.39, 0.29) is 5.41 Å². The molecular weight excluding hydrogens is 248 g/mol. The molecule has 0 aliphatic carbocycles. The number of nitrogens with zero attached hydrogens (tertiary/aromatic N) is 2. The van der Waals surface area contributed by atoms with Crippen LogP contribution >= 0.6 is 0 Å². The third-order valence-corrected chi connectivity index (χ3v) is 3.74. The molecule has 0 unspecified atom stereocenters. The van der Waals surface area contributed by atoms with Gasteiger partial charge in [0.2, 0.25) is 0 Å². The molecule has 0 atom stereocenters. The summed E-state index contributed by atoms with van der Waals surface area (Å²) < 4.78 is 2.13. The minimum Gasteiger partial charge on any atom is -0.382 e. The normalized spacial score (nSPS) is 12.2. The van der Waals surface area contributed by atoms with Crippen LogP contribution in [0.25, 0.3) is 22.2 Å². The zero-order chi connectivity index (χ0) is 14.5. The molecule has 0 radical (unpaired) electrons. The van der Waals surface area contributed by atoms with E-state index in [4.69, 9.17) is 5.73 Å². The zero-order valence-electron chi connectivity index (χ0n) is 12.4. The van der Waals surface area contributed by atoms with E-state index in [0.717, 1.165) is 11.3 Å². The molecule has 0 aliphatic heterocycles. The maximum atomic E-state index is 5.72. The predicted octanol–water partition coefficient (Wildman–Crippen LogP) is 3.45. The fraction of sp³-hybridized carbons (Fsp3) is 0.312. The molecule has 0 saturated heterocycles. The van der Waals surface area contributed by atoms with E-state index >= 15 is 0 Å². The average molecular weight is 268 g/mol. The molecule has 1 aromatic carbocycles. The lowest BCUT2D eigenvalue weighted by atomic mass is 9.86. The van der Waals surface area contributed by atoms with Crippen molar-refractivity contribution in [2.24, 2.45) is 7.05 Å². The molecule has 0 bridgehead atoms. The summed E-state index contributed by atoms with van der Waals surface area (Å²) in [6, 6.07) is 8.52. The second kappa shape index (κ2) is 4.13. The second-order valence-corrected chi connectivity index (χ2v) is 6.34. The van der Waals surface area contributed by atoms with E-state index < -0.39 is 0 Å². The average Bonchev–Trinajstić information content (AvgIpc) is 2.93. The first-order valence-electron chi connectivity index (χ1n) is 6.77. The van der Waals surface area contributed by atoms with Gasteiger partial charge in [-0.05, 0) is 23.1 Å². The molecule has 3 aromatic rings. The Hall–Kier alpha value is -2.23. The molecule has 0 spiro atoms. The van der Waals surface area contributed by atoms with Gasteiger partial charge in [-0.15, -0.1) is 0 Å². The lowest BCUT2D eigenvalue weighted by Crippen LogP contribution is -2.10. The van der Waals surface area contributed by atoms with Crippen LogP contribution in [0.2, 0.25) is 0 Å². The van der Waals surface area contributed by atoms with Crippen molar-refractivity contribution >= 4 is 16.7 Å². The quantitative estimate of drug-likeness (QED) is 0.710. The molecule has 0 fully saturated rings. The van der Waals surface area contributed by atoms with Gasteiger partial charge in [-0.25, -0.2) is 0 Å². The van der Waals surface area contributed by atoms with E-state index in [9.17, 15) is 0 Å². The molecule has 3 rings (SSSR count). The topological polar surface area (TPSA) is 59.6 Å². The fourth-order valence-corrected chi connectivity index (χ4v) is 2.55. The number of nitrogens with one attached hydrogen (secondary N) is 1. The monoisotopic (exact) mass is 268 g/mol. The number of aryl methyl sites for hydroxylation is 1. The molecule has 0 saturated carbocycles. The van der Waals surface area contributed by atoms with E-state index in [0.29, 0.717) is 5.82 Å². The molecule has 2 aromatic heterocycles. The first-order chi connectivity index (χ1) is 9.36. The van der Waals surface area contributed by atoms with E-state index in [1.165, 1.54) is 16.5 Å². The highest BCUT2D eigenvalue weighted by atomic mass is 15.2. The zero-order valence-corrected chi connectivity index (χ0v) is 12.4. The number of aromatic nitrogens is 3. The van der Waals surface area contributed by atoms with Crippen LogP contribution in [0.1, 0.15) is 26.3 Å². The van der Waals surface area contributed by atoms with E-state index in [2.05, 4.69) is 67.0 Å². The van der Waals surface area contributed by atoms with Gasteiger partial charge in [0, 0.05) is 35.8 Å². The Morgan fingerprint density at radius 3 is 2.55 bits per heavy atom. The van der Waals surface area contributed by atoms with Crippen molar-refractivity contribution in [3.63, 3.8) is 0 Å². The number of rotatable bonds is 1. The summed E-state index contributed by atoms with van der Waals surface area (Å²) in [4.78, 5) is 0. The number of hydrogen-bond donors (Lipinski definition) is 2. The van der Waals surface area contributed by atoms with Gasteiger partial charge < -0.3 is 10.3 Å². The number of nitrogens with two attached hydrogens (primary N) is 1. The first kappa shape index (κ1) is 12.8. The Balaban J connectivity index is 2.27. The highest BCUT2D eigenvalue weighted by Gasteiger charge is 2.17. The second-order valence-electron chi connectivity index (χ2n) is 6.34. The lowest BCUT2D eigenvalue weighted by molar-refractivity contribution is 0.591. The van der Waals surface area contributed by atoms with Gasteiger partial charge >= 0.3 is 0 Å². The minimum atomic E-state index is 0.133. The van der Waals surface area contributed by atoms with E-state index in [1.54, 1.807) is 0 Å². The number of H-pyrrole nitrogens is 1. The third kappa shape index (κ3) is 1.97. The van der Waals surface area contributed by atoms with Crippen LogP contribution in [0, 0.1) is 0 Å². The number of fused-ring (bicyclic) bond motifs is 1. The number of benzene rings is 1. The van der Waals surface area contributed by atoms with Crippen LogP contribution in [0.3, 0.4) is 0 Å². The number of aromatic amines is 1. The molecule has 4 nitrogen and oxygen atoms in total. The summed E-state index contributed by atoms with van der Waals surface area (Å²) in [5, 5.41) is 8.25. The summed E-state index contributed by atoms with van der Waals surface area (Å²) in [6.45, 7) is 6.68. The Morgan fingerprint density at radius 2 is 1.95 bits per heavy atom. The highest BCUT2D eigenvalue weighted by Crippen LogP contribution is 2.33. The highest BCUT2D eigenvalue weighted by molar-refractivity contribution is 5.96. The molecule has 2 heterocycles. The molecule has 4 heteroatoms. The Bertz CT molecular complexity index is 771. The Labute approximate surface area is 118 Å². The summed E-state index contributed by atoms with van der Waals surface area (Å²) in [6.07, 6.45) is 2.12. The number of hydrogen-bond acceptors (Lipinski definition) is 2. The van der Waals surface area contributed by atoms with Gasteiger partial charge in [0.15, 0.2) is 0 Å². The third-order valence-electron chi connectivity index (χ3n) is 3.74. The van der Waals surface area contributed by atoms with Crippen LogP contribution in [0.5, 0.6) is 0 Å². The fourth-order valence-electron chi connectivity index (χ4n) is 2.55. The van der Waals surface area contributed by atoms with Crippen molar-refractivity contribution in [2.45, 2.75) is 26.2 Å². The SMILES string of the molecule is Cn1cc(-c2cc(N)n[nH]2)c2cc(C(C)(C)C)ccc21. The van der Waals surface area contributed by atoms with Gasteiger partial charge in [-0.2, -0.15) is 5.10 Å². The number of nitrogen functional groups attached to an aromatic ring is 1. The van der Waals surface area contributed by atoms with Crippen molar-refractivity contribution in [2.75, 3.05) is 5.73 Å². The van der Waals surface area contributed by atoms with Crippen molar-refractivity contribution in [3.8, 4) is 11.3 Å². The van der Waals surface area contributed by atoms with E-state index in [1.807, 2.05) is 6.07 Å². The van der Waals surface area contributed by atoms with Crippen LogP contribution in [0.4, 0.5) is 5.82 Å². The van der Waals surface area contributed by atoms with Gasteiger partial charge in [0.05, 0.1) is 5.69 Å². The van der Waals surface area contributed by atoms with Crippen LogP contribution in [-0.2, 0) is 12.5 Å². The summed E-state index contributed by atoms with van der Waals surface area (Å²) in [7, 11) is 2.06. The standard InChI is InChI=1S/C16H20N4/c1-16(2,3)10-5-6-14-11(7-10)12(9-20(14)4)13-8-15(17)19-18-13/h5-9H,1-4H3,(H3,17,18,19). The van der Waals surface area contributed by atoms with Gasteiger partial charge in [-0.3, -0.25) is 5.10 Å². The predicted molar refractivity (Wildman–Crippen MR) is 83.6 cm³/mol. The largest absolute Gasteiger partial charge is 0.382 e. The maximum Gasteiger partial charge on any atom is 0.145 e. The maximum absolute atomic E-state index is 5.72. The van der Waals surface area contributed by atoms with Crippen molar-refractivity contribution < 1.29 is 0 Å². The molecule has 104 valence electrons. The van der Waals surface area contributed by atoms with Gasteiger partial charge in [0.1, 0.15) is 5.82 Å². The molecular formula is C16H20N4. The molecule has 0 aliphatic rings. The minimum absolute atomic E-state index is 0.133. The van der Waals surface area contributed by atoms with Gasteiger partial charge in [-0.1, -0.05) is 26.8 Å². The first-order valence-corrected chi connectivity index (χ1v) is 6.77. The van der Waals surface area contributed by atoms with Crippen molar-refractivity contribution in [1.82, 2.24) is 14.8 Å².